The molecule has 1 heterocycles. The van der Waals surface area contributed by atoms with Crippen molar-refractivity contribution >= 4 is 10.8 Å². The molecule has 0 bridgehead atoms. The summed E-state index contributed by atoms with van der Waals surface area (Å²) < 4.78 is 11.1. The van der Waals surface area contributed by atoms with Crippen LogP contribution in [0.5, 0.6) is 5.75 Å². The van der Waals surface area contributed by atoms with E-state index in [2.05, 4.69) is 10.3 Å². The minimum atomic E-state index is -0.711. The molecule has 5 heteroatoms. The Morgan fingerprint density at radius 1 is 1.53 bits per heavy atom. The van der Waals surface area contributed by atoms with Gasteiger partial charge in [0.05, 0.1) is 11.9 Å². The topological polar surface area (TPSA) is 62.2 Å². The smallest absolute Gasteiger partial charge is 0.133 e. The van der Waals surface area contributed by atoms with E-state index in [1.54, 1.807) is 12.1 Å². The number of hydrogen-bond donors (Lipinski definition) is 2. The van der Waals surface area contributed by atoms with Gasteiger partial charge >= 0.3 is 0 Å². The van der Waals surface area contributed by atoms with Crippen LogP contribution in [0.1, 0.15) is 12.6 Å². The second kappa shape index (κ2) is 6.53. The summed E-state index contributed by atoms with van der Waals surface area (Å²) >= 11 is 0. The lowest BCUT2D eigenvalue weighted by Gasteiger charge is -2.03. The van der Waals surface area contributed by atoms with Crippen molar-refractivity contribution in [3.8, 4) is 5.75 Å². The highest BCUT2D eigenvalue weighted by Gasteiger charge is 1.97. The van der Waals surface area contributed by atoms with Gasteiger partial charge in [-0.15, -0.1) is 0 Å². The number of pyridine rings is 1. The van der Waals surface area contributed by atoms with Crippen molar-refractivity contribution in [2.24, 2.45) is 0 Å². The van der Waals surface area contributed by atoms with Crippen LogP contribution in [0.3, 0.4) is 0 Å². The molecule has 0 fully saturated rings. The molecule has 1 atom stereocenters. The molecule has 84 valence electrons. The van der Waals surface area contributed by atoms with Gasteiger partial charge in [0.2, 0.25) is 0 Å². The lowest BCUT2D eigenvalue weighted by Crippen LogP contribution is -2.21. The lowest BCUT2D eigenvalue weighted by molar-refractivity contribution is 0.472. The van der Waals surface area contributed by atoms with Gasteiger partial charge in [-0.05, 0) is 12.1 Å². The fourth-order valence-electron chi connectivity index (χ4n) is 1.07. The minimum Gasteiger partial charge on any atom is -0.506 e. The molecule has 1 aromatic heterocycles. The molecule has 15 heavy (non-hydrogen) atoms. The Morgan fingerprint density at radius 2 is 2.33 bits per heavy atom. The summed E-state index contributed by atoms with van der Waals surface area (Å²) in [7, 11) is -0.711. The zero-order chi connectivity index (χ0) is 11.1. The maximum atomic E-state index is 11.1. The van der Waals surface area contributed by atoms with Crippen molar-refractivity contribution in [3.05, 3.63) is 24.0 Å². The Bertz CT molecular complexity index is 314. The third-order valence-electron chi connectivity index (χ3n) is 1.94. The van der Waals surface area contributed by atoms with Gasteiger partial charge in [0.25, 0.3) is 0 Å². The number of rotatable bonds is 6. The van der Waals surface area contributed by atoms with Gasteiger partial charge in [-0.3, -0.25) is 9.19 Å². The molecule has 0 radical (unpaired) electrons. The highest BCUT2D eigenvalue weighted by Crippen LogP contribution is 2.05. The van der Waals surface area contributed by atoms with E-state index in [0.29, 0.717) is 18.1 Å². The predicted octanol–water partition coefficient (Wildman–Crippen LogP) is 0.645. The summed E-state index contributed by atoms with van der Waals surface area (Å²) in [4.78, 5) is 4.03. The van der Waals surface area contributed by atoms with E-state index in [4.69, 9.17) is 5.11 Å². The third kappa shape index (κ3) is 4.90. The second-order valence-corrected chi connectivity index (χ2v) is 4.98. The van der Waals surface area contributed by atoms with Gasteiger partial charge < -0.3 is 10.4 Å². The molecule has 0 aliphatic rings. The quantitative estimate of drug-likeness (QED) is 0.702. The summed E-state index contributed by atoms with van der Waals surface area (Å²) in [6.07, 6.45) is 1.42. The molecule has 0 amide bonds. The van der Waals surface area contributed by atoms with Crippen LogP contribution in [0.15, 0.2) is 18.3 Å². The first-order valence-electron chi connectivity index (χ1n) is 4.92. The fraction of sp³-hybridized carbons (Fsp3) is 0.500. The Hall–Kier alpha value is -0.940. The van der Waals surface area contributed by atoms with Crippen LogP contribution < -0.4 is 5.32 Å². The van der Waals surface area contributed by atoms with Crippen LogP contribution in [-0.2, 0) is 17.3 Å². The molecule has 0 saturated carbocycles. The van der Waals surface area contributed by atoms with Crippen LogP contribution in [0.4, 0.5) is 0 Å². The van der Waals surface area contributed by atoms with E-state index in [1.165, 1.54) is 6.20 Å². The zero-order valence-corrected chi connectivity index (χ0v) is 9.59. The maximum Gasteiger partial charge on any atom is 0.133 e. The standard InChI is InChI=1S/C10H16N2O2S/c1-2-15(14)6-5-11-7-9-3-4-10(13)8-12-9/h3-4,8,11,13H,2,5-7H2,1H3. The second-order valence-electron chi connectivity index (χ2n) is 3.12. The SMILES string of the molecule is CCS(=O)CCNCc1ccc(O)cn1. The van der Waals surface area contributed by atoms with Gasteiger partial charge in [-0.25, -0.2) is 0 Å². The minimum absolute atomic E-state index is 0.172. The van der Waals surface area contributed by atoms with Crippen LogP contribution in [0.2, 0.25) is 0 Å². The van der Waals surface area contributed by atoms with Crippen LogP contribution >= 0.6 is 0 Å². The van der Waals surface area contributed by atoms with E-state index in [1.807, 2.05) is 6.92 Å². The van der Waals surface area contributed by atoms with Gasteiger partial charge in [0, 0.05) is 35.4 Å². The Kier molecular flexibility index (Phi) is 5.28. The monoisotopic (exact) mass is 228 g/mol. The predicted molar refractivity (Wildman–Crippen MR) is 61.2 cm³/mol. The molecule has 1 rings (SSSR count). The molecule has 0 spiro atoms. The molecule has 0 aliphatic carbocycles. The summed E-state index contributed by atoms with van der Waals surface area (Å²) in [5.41, 5.74) is 0.870. The Labute approximate surface area is 92.2 Å². The summed E-state index contributed by atoms with van der Waals surface area (Å²) in [5, 5.41) is 12.2. The van der Waals surface area contributed by atoms with Gasteiger partial charge in [-0.1, -0.05) is 6.92 Å². The van der Waals surface area contributed by atoms with Crippen molar-refractivity contribution in [2.75, 3.05) is 18.1 Å². The van der Waals surface area contributed by atoms with E-state index < -0.39 is 10.8 Å². The van der Waals surface area contributed by atoms with E-state index in [-0.39, 0.29) is 5.75 Å². The largest absolute Gasteiger partial charge is 0.506 e. The molecular formula is C10H16N2O2S. The van der Waals surface area contributed by atoms with Crippen molar-refractivity contribution in [1.29, 1.82) is 0 Å². The molecule has 2 N–H and O–H groups in total. The van der Waals surface area contributed by atoms with Gasteiger partial charge in [0.15, 0.2) is 0 Å². The number of hydrogen-bond acceptors (Lipinski definition) is 4. The summed E-state index contributed by atoms with van der Waals surface area (Å²) in [6, 6.07) is 3.37. The molecule has 1 unspecified atom stereocenters. The van der Waals surface area contributed by atoms with Gasteiger partial charge in [-0.2, -0.15) is 0 Å². The molecule has 0 aromatic carbocycles. The van der Waals surface area contributed by atoms with Crippen molar-refractivity contribution in [3.63, 3.8) is 0 Å². The van der Waals surface area contributed by atoms with Gasteiger partial charge in [0.1, 0.15) is 5.75 Å². The van der Waals surface area contributed by atoms with E-state index in [0.717, 1.165) is 12.2 Å². The first-order chi connectivity index (χ1) is 7.22. The Balaban J connectivity index is 2.20. The number of aromatic hydroxyl groups is 1. The highest BCUT2D eigenvalue weighted by molar-refractivity contribution is 7.84. The van der Waals surface area contributed by atoms with Crippen LogP contribution in [0.25, 0.3) is 0 Å². The molecule has 4 nitrogen and oxygen atoms in total. The highest BCUT2D eigenvalue weighted by atomic mass is 32.2. The number of nitrogens with one attached hydrogen (secondary N) is 1. The molecular weight excluding hydrogens is 212 g/mol. The van der Waals surface area contributed by atoms with Crippen LogP contribution in [0, 0.1) is 0 Å². The maximum absolute atomic E-state index is 11.1. The average Bonchev–Trinajstić information content (AvgIpc) is 2.26. The lowest BCUT2D eigenvalue weighted by atomic mass is 10.3. The number of aromatic nitrogens is 1. The van der Waals surface area contributed by atoms with E-state index >= 15 is 0 Å². The normalized spacial score (nSPS) is 12.6. The zero-order valence-electron chi connectivity index (χ0n) is 8.77. The Morgan fingerprint density at radius 3 is 2.93 bits per heavy atom. The third-order valence-corrected chi connectivity index (χ3v) is 3.25. The molecule has 1 aromatic rings. The van der Waals surface area contributed by atoms with Crippen molar-refractivity contribution in [1.82, 2.24) is 10.3 Å². The first kappa shape index (κ1) is 12.1. The number of nitrogens with zero attached hydrogens (tertiary/aromatic N) is 1. The fourth-order valence-corrected chi connectivity index (χ4v) is 1.73. The molecule has 0 saturated heterocycles. The summed E-state index contributed by atoms with van der Waals surface area (Å²) in [5.74, 6) is 1.55. The first-order valence-corrected chi connectivity index (χ1v) is 6.40. The molecule has 0 aliphatic heterocycles. The van der Waals surface area contributed by atoms with Crippen molar-refractivity contribution < 1.29 is 9.32 Å². The van der Waals surface area contributed by atoms with Crippen LogP contribution in [-0.4, -0.2) is 32.3 Å². The summed E-state index contributed by atoms with van der Waals surface area (Å²) in [6.45, 7) is 3.28. The van der Waals surface area contributed by atoms with E-state index in [9.17, 15) is 4.21 Å². The average molecular weight is 228 g/mol. The van der Waals surface area contributed by atoms with Crippen molar-refractivity contribution in [2.45, 2.75) is 13.5 Å².